The Hall–Kier alpha value is -2.31. The second-order valence-electron chi connectivity index (χ2n) is 6.07. The average molecular weight is 329 g/mol. The van der Waals surface area contributed by atoms with Crippen LogP contribution < -0.4 is 5.73 Å². The van der Waals surface area contributed by atoms with E-state index >= 15 is 0 Å². The molecule has 24 heavy (non-hydrogen) atoms. The van der Waals surface area contributed by atoms with Crippen molar-refractivity contribution in [3.8, 4) is 11.1 Å². The van der Waals surface area contributed by atoms with E-state index in [1.54, 1.807) is 18.5 Å². The maximum Gasteiger partial charge on any atom is 0.247 e. The van der Waals surface area contributed by atoms with Crippen LogP contribution >= 0.6 is 0 Å². The van der Waals surface area contributed by atoms with Crippen LogP contribution in [-0.2, 0) is 16.1 Å². The molecule has 0 aliphatic carbocycles. The molecule has 2 N–H and O–H groups in total. The highest BCUT2D eigenvalue weighted by atomic mass is 19.1. The number of carbonyl (C=O) groups is 1. The summed E-state index contributed by atoms with van der Waals surface area (Å²) in [5.74, 6) is -0.751. The molecule has 6 heteroatoms. The van der Waals surface area contributed by atoms with Gasteiger partial charge < -0.3 is 10.5 Å². The van der Waals surface area contributed by atoms with Gasteiger partial charge in [-0.3, -0.25) is 14.7 Å². The van der Waals surface area contributed by atoms with Crippen LogP contribution in [0.5, 0.6) is 0 Å². The minimum Gasteiger partial charge on any atom is -0.367 e. The summed E-state index contributed by atoms with van der Waals surface area (Å²) in [6, 6.07) is 8.89. The van der Waals surface area contributed by atoms with Crippen LogP contribution in [0.4, 0.5) is 4.39 Å². The van der Waals surface area contributed by atoms with Gasteiger partial charge >= 0.3 is 0 Å². The molecular weight excluding hydrogens is 309 g/mol. The maximum absolute atomic E-state index is 14.5. The predicted molar refractivity (Wildman–Crippen MR) is 88.4 cm³/mol. The SMILES string of the molecule is C[C@@H]1CN(Cc2ccc(-c3ccncc3)cc2F)CC(C(N)=O)O1. The minimum atomic E-state index is -0.645. The van der Waals surface area contributed by atoms with Gasteiger partial charge in [0.2, 0.25) is 5.91 Å². The van der Waals surface area contributed by atoms with Crippen molar-refractivity contribution in [1.29, 1.82) is 0 Å². The molecule has 1 aliphatic rings. The number of halogens is 1. The van der Waals surface area contributed by atoms with E-state index < -0.39 is 12.0 Å². The molecule has 2 atom stereocenters. The van der Waals surface area contributed by atoms with Crippen molar-refractivity contribution in [2.24, 2.45) is 5.73 Å². The molecule has 3 rings (SSSR count). The third-order valence-electron chi connectivity index (χ3n) is 4.11. The molecule has 2 heterocycles. The number of hydrogen-bond acceptors (Lipinski definition) is 4. The van der Waals surface area contributed by atoms with Crippen LogP contribution in [0.1, 0.15) is 12.5 Å². The lowest BCUT2D eigenvalue weighted by Crippen LogP contribution is -2.51. The Bertz CT molecular complexity index is 723. The van der Waals surface area contributed by atoms with Crippen LogP contribution in [0.15, 0.2) is 42.7 Å². The van der Waals surface area contributed by atoms with E-state index in [2.05, 4.69) is 4.98 Å². The van der Waals surface area contributed by atoms with Gasteiger partial charge in [0.1, 0.15) is 11.9 Å². The van der Waals surface area contributed by atoms with Crippen molar-refractivity contribution in [2.45, 2.75) is 25.7 Å². The van der Waals surface area contributed by atoms with Crippen molar-refractivity contribution in [3.63, 3.8) is 0 Å². The Morgan fingerprint density at radius 1 is 1.29 bits per heavy atom. The van der Waals surface area contributed by atoms with Gasteiger partial charge in [0.25, 0.3) is 0 Å². The number of rotatable bonds is 4. The summed E-state index contributed by atoms with van der Waals surface area (Å²) < 4.78 is 20.0. The fourth-order valence-corrected chi connectivity index (χ4v) is 2.97. The van der Waals surface area contributed by atoms with Crippen LogP contribution in [0.2, 0.25) is 0 Å². The van der Waals surface area contributed by atoms with Gasteiger partial charge in [-0.05, 0) is 36.2 Å². The Balaban J connectivity index is 1.75. The van der Waals surface area contributed by atoms with Crippen LogP contribution in [0, 0.1) is 5.82 Å². The van der Waals surface area contributed by atoms with Crippen molar-refractivity contribution < 1.29 is 13.9 Å². The number of benzene rings is 1. The Morgan fingerprint density at radius 2 is 2.04 bits per heavy atom. The van der Waals surface area contributed by atoms with E-state index in [0.717, 1.165) is 11.1 Å². The number of morpholine rings is 1. The number of carbonyl (C=O) groups excluding carboxylic acids is 1. The van der Waals surface area contributed by atoms with E-state index in [1.165, 1.54) is 6.07 Å². The smallest absolute Gasteiger partial charge is 0.247 e. The zero-order valence-corrected chi connectivity index (χ0v) is 13.5. The Morgan fingerprint density at radius 3 is 2.71 bits per heavy atom. The second-order valence-corrected chi connectivity index (χ2v) is 6.07. The van der Waals surface area contributed by atoms with Crippen LogP contribution in [0.3, 0.4) is 0 Å². The summed E-state index contributed by atoms with van der Waals surface area (Å²) in [6.45, 7) is 3.31. The van der Waals surface area contributed by atoms with Gasteiger partial charge in [-0.15, -0.1) is 0 Å². The van der Waals surface area contributed by atoms with E-state index in [-0.39, 0.29) is 11.9 Å². The molecule has 0 saturated carbocycles. The number of amides is 1. The zero-order chi connectivity index (χ0) is 17.1. The normalized spacial score (nSPS) is 21.6. The molecule has 0 bridgehead atoms. The molecule has 2 aromatic rings. The lowest BCUT2D eigenvalue weighted by Gasteiger charge is -2.35. The quantitative estimate of drug-likeness (QED) is 0.931. The van der Waals surface area contributed by atoms with Crippen molar-refractivity contribution in [3.05, 3.63) is 54.1 Å². The second kappa shape index (κ2) is 7.07. The van der Waals surface area contributed by atoms with E-state index in [9.17, 15) is 9.18 Å². The minimum absolute atomic E-state index is 0.115. The molecule has 0 radical (unpaired) electrons. The fourth-order valence-electron chi connectivity index (χ4n) is 2.97. The number of nitrogens with two attached hydrogens (primary N) is 1. The van der Waals surface area contributed by atoms with Gasteiger partial charge in [-0.2, -0.15) is 0 Å². The third-order valence-corrected chi connectivity index (χ3v) is 4.11. The first kappa shape index (κ1) is 16.5. The van der Waals surface area contributed by atoms with Crippen molar-refractivity contribution in [1.82, 2.24) is 9.88 Å². The molecular formula is C18H20FN3O2. The highest BCUT2D eigenvalue weighted by Crippen LogP contribution is 2.23. The number of nitrogens with zero attached hydrogens (tertiary/aromatic N) is 2. The molecule has 1 fully saturated rings. The summed E-state index contributed by atoms with van der Waals surface area (Å²) in [5.41, 5.74) is 7.65. The standard InChI is InChI=1S/C18H20FN3O2/c1-12-9-22(11-17(24-12)18(20)23)10-15-3-2-14(8-16(15)19)13-4-6-21-7-5-13/h2-8,12,17H,9-11H2,1H3,(H2,20,23)/t12-,17?/m1/s1. The van der Waals surface area contributed by atoms with Gasteiger partial charge in [0.05, 0.1) is 6.10 Å². The first-order valence-electron chi connectivity index (χ1n) is 7.89. The van der Waals surface area contributed by atoms with Gasteiger partial charge in [-0.25, -0.2) is 4.39 Å². The average Bonchev–Trinajstić information content (AvgIpc) is 2.57. The molecule has 1 aromatic heterocycles. The summed E-state index contributed by atoms with van der Waals surface area (Å²) in [5, 5.41) is 0. The van der Waals surface area contributed by atoms with E-state index in [0.29, 0.717) is 25.2 Å². The number of hydrogen-bond donors (Lipinski definition) is 1. The summed E-state index contributed by atoms with van der Waals surface area (Å²) >= 11 is 0. The summed E-state index contributed by atoms with van der Waals surface area (Å²) in [4.78, 5) is 17.3. The largest absolute Gasteiger partial charge is 0.367 e. The molecule has 1 amide bonds. The molecule has 1 saturated heterocycles. The molecule has 1 unspecified atom stereocenters. The fraction of sp³-hybridized carbons (Fsp3) is 0.333. The maximum atomic E-state index is 14.5. The molecule has 126 valence electrons. The monoisotopic (exact) mass is 329 g/mol. The summed E-state index contributed by atoms with van der Waals surface area (Å²) in [6.07, 6.45) is 2.60. The lowest BCUT2D eigenvalue weighted by atomic mass is 10.0. The zero-order valence-electron chi connectivity index (χ0n) is 13.5. The van der Waals surface area contributed by atoms with E-state index in [1.807, 2.05) is 30.0 Å². The predicted octanol–water partition coefficient (Wildman–Crippen LogP) is 1.96. The van der Waals surface area contributed by atoms with Gasteiger partial charge in [0, 0.05) is 37.6 Å². The molecule has 1 aliphatic heterocycles. The molecule has 1 aromatic carbocycles. The topological polar surface area (TPSA) is 68.5 Å². The van der Waals surface area contributed by atoms with E-state index in [4.69, 9.17) is 10.5 Å². The Kier molecular flexibility index (Phi) is 4.87. The number of aromatic nitrogens is 1. The number of primary amides is 1. The highest BCUT2D eigenvalue weighted by molar-refractivity contribution is 5.79. The van der Waals surface area contributed by atoms with Crippen LogP contribution in [-0.4, -0.2) is 41.1 Å². The van der Waals surface area contributed by atoms with Crippen LogP contribution in [0.25, 0.3) is 11.1 Å². The first-order chi connectivity index (χ1) is 11.5. The lowest BCUT2D eigenvalue weighted by molar-refractivity contribution is -0.142. The number of ether oxygens (including phenoxy) is 1. The van der Waals surface area contributed by atoms with Crippen molar-refractivity contribution >= 4 is 5.91 Å². The molecule has 5 nitrogen and oxygen atoms in total. The van der Waals surface area contributed by atoms with Crippen molar-refractivity contribution in [2.75, 3.05) is 13.1 Å². The summed E-state index contributed by atoms with van der Waals surface area (Å²) in [7, 11) is 0. The third kappa shape index (κ3) is 3.77. The first-order valence-corrected chi connectivity index (χ1v) is 7.89. The molecule has 0 spiro atoms. The highest BCUT2D eigenvalue weighted by Gasteiger charge is 2.29. The van der Waals surface area contributed by atoms with Gasteiger partial charge in [0.15, 0.2) is 0 Å². The number of pyridine rings is 1. The van der Waals surface area contributed by atoms with Gasteiger partial charge in [-0.1, -0.05) is 12.1 Å². The Labute approximate surface area is 140 Å².